The monoisotopic (exact) mass is 250 g/mol. The molecule has 0 spiro atoms. The van der Waals surface area contributed by atoms with Crippen LogP contribution in [0.5, 0.6) is 0 Å². The van der Waals surface area contributed by atoms with E-state index in [1.807, 2.05) is 0 Å². The van der Waals surface area contributed by atoms with Crippen LogP contribution in [0.15, 0.2) is 6.33 Å². The lowest BCUT2D eigenvalue weighted by Gasteiger charge is -2.37. The van der Waals surface area contributed by atoms with E-state index in [0.29, 0.717) is 11.5 Å². The van der Waals surface area contributed by atoms with Crippen LogP contribution in [0.2, 0.25) is 0 Å². The van der Waals surface area contributed by atoms with E-state index >= 15 is 0 Å². The smallest absolute Gasteiger partial charge is 0.137 e. The fourth-order valence-electron chi connectivity index (χ4n) is 2.91. The highest BCUT2D eigenvalue weighted by Crippen LogP contribution is 2.37. The van der Waals surface area contributed by atoms with Crippen molar-refractivity contribution in [3.05, 3.63) is 12.2 Å². The maximum absolute atomic E-state index is 4.14. The van der Waals surface area contributed by atoms with Crippen molar-refractivity contribution in [2.24, 2.45) is 11.3 Å². The maximum atomic E-state index is 4.14. The average molecular weight is 250 g/mol. The third kappa shape index (κ3) is 3.80. The van der Waals surface area contributed by atoms with Gasteiger partial charge in [0.25, 0.3) is 0 Å². The van der Waals surface area contributed by atoms with E-state index in [9.17, 15) is 0 Å². The van der Waals surface area contributed by atoms with Gasteiger partial charge in [0.05, 0.1) is 0 Å². The minimum absolute atomic E-state index is 0.477. The Hall–Kier alpha value is -0.900. The lowest BCUT2D eigenvalue weighted by atomic mass is 9.71. The maximum Gasteiger partial charge on any atom is 0.137 e. The number of nitrogens with zero attached hydrogens (tertiary/aromatic N) is 2. The van der Waals surface area contributed by atoms with Crippen LogP contribution in [-0.4, -0.2) is 27.8 Å². The van der Waals surface area contributed by atoms with Gasteiger partial charge in [-0.1, -0.05) is 20.8 Å². The van der Waals surface area contributed by atoms with Gasteiger partial charge < -0.3 is 5.32 Å². The molecule has 0 aromatic carbocycles. The molecule has 4 heteroatoms. The first-order valence-electron chi connectivity index (χ1n) is 7.13. The Morgan fingerprint density at radius 2 is 2.00 bits per heavy atom. The molecule has 0 aliphatic heterocycles. The van der Waals surface area contributed by atoms with Crippen molar-refractivity contribution in [3.8, 4) is 0 Å². The van der Waals surface area contributed by atoms with Crippen molar-refractivity contribution in [2.75, 3.05) is 6.54 Å². The second kappa shape index (κ2) is 5.83. The normalized spacial score (nSPS) is 25.3. The van der Waals surface area contributed by atoms with E-state index in [0.717, 1.165) is 24.7 Å². The molecule has 1 saturated carbocycles. The van der Waals surface area contributed by atoms with Crippen LogP contribution in [0, 0.1) is 11.3 Å². The zero-order valence-electron chi connectivity index (χ0n) is 11.9. The van der Waals surface area contributed by atoms with Crippen LogP contribution in [-0.2, 0) is 6.42 Å². The highest BCUT2D eigenvalue weighted by atomic mass is 15.2. The molecule has 0 radical (unpaired) electrons. The lowest BCUT2D eigenvalue weighted by molar-refractivity contribution is 0.160. The number of hydrogen-bond acceptors (Lipinski definition) is 3. The van der Waals surface area contributed by atoms with Crippen LogP contribution in [0.1, 0.15) is 52.3 Å². The summed E-state index contributed by atoms with van der Waals surface area (Å²) in [7, 11) is 0. The molecule has 0 bridgehead atoms. The van der Waals surface area contributed by atoms with Crippen molar-refractivity contribution >= 4 is 0 Å². The molecule has 0 unspecified atom stereocenters. The standard InChI is InChI=1S/C14H26N4/c1-14(2,3)11-4-6-12(7-5-11)15-9-8-13-16-10-17-18-13/h10-12,15H,4-9H2,1-3H3,(H,16,17,18). The first-order chi connectivity index (χ1) is 8.55. The SMILES string of the molecule is CC(C)(C)C1CCC(NCCc2ncn[nH]2)CC1. The Labute approximate surface area is 110 Å². The minimum Gasteiger partial charge on any atom is -0.314 e. The largest absolute Gasteiger partial charge is 0.314 e. The second-order valence-electron chi connectivity index (χ2n) is 6.55. The summed E-state index contributed by atoms with van der Waals surface area (Å²) in [4.78, 5) is 4.14. The van der Waals surface area contributed by atoms with Crippen LogP contribution >= 0.6 is 0 Å². The van der Waals surface area contributed by atoms with Crippen molar-refractivity contribution in [2.45, 2.75) is 58.9 Å². The molecule has 2 N–H and O–H groups in total. The third-order valence-corrected chi connectivity index (χ3v) is 4.21. The molecule has 4 nitrogen and oxygen atoms in total. The summed E-state index contributed by atoms with van der Waals surface area (Å²) < 4.78 is 0. The summed E-state index contributed by atoms with van der Waals surface area (Å²) in [6.45, 7) is 8.11. The summed E-state index contributed by atoms with van der Waals surface area (Å²) in [5.74, 6) is 1.87. The zero-order chi connectivity index (χ0) is 13.0. The van der Waals surface area contributed by atoms with E-state index in [1.54, 1.807) is 6.33 Å². The molecule has 2 rings (SSSR count). The Morgan fingerprint density at radius 1 is 1.28 bits per heavy atom. The van der Waals surface area contributed by atoms with Crippen molar-refractivity contribution < 1.29 is 0 Å². The second-order valence-corrected chi connectivity index (χ2v) is 6.55. The van der Waals surface area contributed by atoms with Gasteiger partial charge in [-0.15, -0.1) is 0 Å². The topological polar surface area (TPSA) is 53.6 Å². The van der Waals surface area contributed by atoms with Gasteiger partial charge >= 0.3 is 0 Å². The molecule has 102 valence electrons. The fourth-order valence-corrected chi connectivity index (χ4v) is 2.91. The molecule has 1 aliphatic carbocycles. The summed E-state index contributed by atoms with van der Waals surface area (Å²) in [5.41, 5.74) is 0.477. The zero-order valence-corrected chi connectivity index (χ0v) is 11.9. The average Bonchev–Trinajstić information content (AvgIpc) is 2.82. The molecule has 0 saturated heterocycles. The van der Waals surface area contributed by atoms with Gasteiger partial charge in [0.2, 0.25) is 0 Å². The summed E-state index contributed by atoms with van der Waals surface area (Å²) >= 11 is 0. The quantitative estimate of drug-likeness (QED) is 0.863. The van der Waals surface area contributed by atoms with Crippen molar-refractivity contribution in [3.63, 3.8) is 0 Å². The first kappa shape index (κ1) is 13.5. The molecule has 0 amide bonds. The van der Waals surface area contributed by atoms with Gasteiger partial charge in [-0.3, -0.25) is 5.10 Å². The van der Waals surface area contributed by atoms with E-state index in [2.05, 4.69) is 41.3 Å². The van der Waals surface area contributed by atoms with Crippen molar-refractivity contribution in [1.29, 1.82) is 0 Å². The van der Waals surface area contributed by atoms with Crippen LogP contribution < -0.4 is 5.32 Å². The van der Waals surface area contributed by atoms with Crippen LogP contribution in [0.3, 0.4) is 0 Å². The Kier molecular flexibility index (Phi) is 4.38. The number of nitrogens with one attached hydrogen (secondary N) is 2. The molecule has 1 aromatic rings. The van der Waals surface area contributed by atoms with Crippen molar-refractivity contribution in [1.82, 2.24) is 20.5 Å². The number of aromatic amines is 1. The summed E-state index contributed by atoms with van der Waals surface area (Å²) in [6, 6.07) is 0.700. The predicted molar refractivity (Wildman–Crippen MR) is 73.3 cm³/mol. The van der Waals surface area contributed by atoms with Crippen LogP contribution in [0.25, 0.3) is 0 Å². The fraction of sp³-hybridized carbons (Fsp3) is 0.857. The Bertz CT molecular complexity index is 331. The summed E-state index contributed by atoms with van der Waals surface area (Å²) in [6.07, 6.45) is 7.88. The highest BCUT2D eigenvalue weighted by molar-refractivity contribution is 4.85. The van der Waals surface area contributed by atoms with Gasteiger partial charge in [0, 0.05) is 19.0 Å². The molecule has 18 heavy (non-hydrogen) atoms. The minimum atomic E-state index is 0.477. The molecule has 1 aromatic heterocycles. The van der Waals surface area contributed by atoms with Gasteiger partial charge in [-0.05, 0) is 37.0 Å². The molecule has 1 fully saturated rings. The van der Waals surface area contributed by atoms with E-state index in [4.69, 9.17) is 0 Å². The predicted octanol–water partition coefficient (Wildman–Crippen LogP) is 2.54. The van der Waals surface area contributed by atoms with Gasteiger partial charge in [0.15, 0.2) is 0 Å². The Morgan fingerprint density at radius 3 is 2.56 bits per heavy atom. The third-order valence-electron chi connectivity index (χ3n) is 4.21. The van der Waals surface area contributed by atoms with Crippen LogP contribution in [0.4, 0.5) is 0 Å². The molecular weight excluding hydrogens is 224 g/mol. The molecule has 1 heterocycles. The van der Waals surface area contributed by atoms with Gasteiger partial charge in [0.1, 0.15) is 12.2 Å². The number of H-pyrrole nitrogens is 1. The van der Waals surface area contributed by atoms with E-state index in [1.165, 1.54) is 25.7 Å². The van der Waals surface area contributed by atoms with E-state index in [-0.39, 0.29) is 0 Å². The number of hydrogen-bond donors (Lipinski definition) is 2. The van der Waals surface area contributed by atoms with Gasteiger partial charge in [-0.2, -0.15) is 5.10 Å². The molecular formula is C14H26N4. The van der Waals surface area contributed by atoms with Gasteiger partial charge in [-0.25, -0.2) is 4.98 Å². The highest BCUT2D eigenvalue weighted by Gasteiger charge is 2.29. The molecule has 0 atom stereocenters. The van der Waals surface area contributed by atoms with E-state index < -0.39 is 0 Å². The summed E-state index contributed by atoms with van der Waals surface area (Å²) in [5, 5.41) is 10.4. The number of aromatic nitrogens is 3. The Balaban J connectivity index is 1.65. The number of rotatable bonds is 4. The molecule has 1 aliphatic rings. The lowest BCUT2D eigenvalue weighted by Crippen LogP contribution is -2.37. The first-order valence-corrected chi connectivity index (χ1v) is 7.13.